The highest BCUT2D eigenvalue weighted by Crippen LogP contribution is 2.37. The van der Waals surface area contributed by atoms with Gasteiger partial charge in [0.15, 0.2) is 5.69 Å². The molecule has 2 saturated heterocycles. The van der Waals surface area contributed by atoms with Crippen LogP contribution >= 0.6 is 0 Å². The van der Waals surface area contributed by atoms with Crippen molar-refractivity contribution in [3.63, 3.8) is 0 Å². The van der Waals surface area contributed by atoms with E-state index < -0.39 is 24.3 Å². The summed E-state index contributed by atoms with van der Waals surface area (Å²) in [5.41, 5.74) is 1.00. The van der Waals surface area contributed by atoms with Crippen molar-refractivity contribution in [1.82, 2.24) is 9.78 Å². The lowest BCUT2D eigenvalue weighted by Gasteiger charge is -2.32. The fraction of sp³-hybridized carbons (Fsp3) is 0.684. The zero-order valence-corrected chi connectivity index (χ0v) is 17.1. The van der Waals surface area contributed by atoms with Crippen molar-refractivity contribution in [2.45, 2.75) is 71.3 Å². The van der Waals surface area contributed by atoms with Crippen LogP contribution in [0.25, 0.3) is 6.08 Å². The number of esters is 1. The summed E-state index contributed by atoms with van der Waals surface area (Å²) in [7, 11) is 0.865. The number of hydrogen-bond acceptors (Lipinski definition) is 6. The van der Waals surface area contributed by atoms with Gasteiger partial charge in [-0.25, -0.2) is 9.48 Å². The molecule has 7 nitrogen and oxygen atoms in total. The van der Waals surface area contributed by atoms with E-state index in [0.717, 1.165) is 25.0 Å². The average molecular weight is 376 g/mol. The lowest BCUT2D eigenvalue weighted by atomic mass is 9.89. The van der Waals surface area contributed by atoms with Gasteiger partial charge in [0, 0.05) is 17.9 Å². The molecule has 0 aromatic carbocycles. The third-order valence-corrected chi connectivity index (χ3v) is 5.69. The molecule has 0 saturated carbocycles. The first-order valence-corrected chi connectivity index (χ1v) is 9.49. The second-order valence-corrected chi connectivity index (χ2v) is 8.09. The maximum Gasteiger partial charge on any atom is 0.487 e. The lowest BCUT2D eigenvalue weighted by Crippen LogP contribution is -2.41. The van der Waals surface area contributed by atoms with E-state index in [4.69, 9.17) is 18.8 Å². The van der Waals surface area contributed by atoms with Crippen molar-refractivity contribution in [3.05, 3.63) is 22.9 Å². The summed E-state index contributed by atoms with van der Waals surface area (Å²) in [6.07, 6.45) is 4.69. The van der Waals surface area contributed by atoms with Crippen molar-refractivity contribution in [3.8, 4) is 0 Å². The maximum atomic E-state index is 12.2. The predicted octanol–water partition coefficient (Wildman–Crippen LogP) is 3.32. The van der Waals surface area contributed by atoms with E-state index in [1.807, 2.05) is 46.7 Å². The maximum absolute atomic E-state index is 12.2. The van der Waals surface area contributed by atoms with E-state index in [1.54, 1.807) is 4.68 Å². The Kier molecular flexibility index (Phi) is 5.52. The van der Waals surface area contributed by atoms with E-state index in [-0.39, 0.29) is 11.9 Å². The second kappa shape index (κ2) is 7.41. The van der Waals surface area contributed by atoms with Gasteiger partial charge in [-0.05, 0) is 53.9 Å². The van der Waals surface area contributed by atoms with Crippen LogP contribution in [0.5, 0.6) is 0 Å². The van der Waals surface area contributed by atoms with Crippen LogP contribution in [-0.4, -0.2) is 47.8 Å². The molecule has 0 N–H and O–H groups in total. The minimum atomic E-state index is -0.492. The molecule has 8 heteroatoms. The Morgan fingerprint density at radius 1 is 1.26 bits per heavy atom. The molecule has 1 aromatic rings. The van der Waals surface area contributed by atoms with Crippen LogP contribution in [0.3, 0.4) is 0 Å². The van der Waals surface area contributed by atoms with Gasteiger partial charge < -0.3 is 18.8 Å². The SMILES string of the molecule is COC(=O)c1nn(C2CCCCO2)c(C)c1/C=C/B1OC(C)(C)C(C)(C)O1. The minimum Gasteiger partial charge on any atom is -0.464 e. The fourth-order valence-corrected chi connectivity index (χ4v) is 3.32. The third-order valence-electron chi connectivity index (χ3n) is 5.69. The van der Waals surface area contributed by atoms with Crippen LogP contribution in [0.1, 0.15) is 74.9 Å². The molecule has 1 unspecified atom stereocenters. The smallest absolute Gasteiger partial charge is 0.464 e. The molecule has 2 aliphatic heterocycles. The highest BCUT2D eigenvalue weighted by molar-refractivity contribution is 6.52. The minimum absolute atomic E-state index is 0.152. The van der Waals surface area contributed by atoms with Gasteiger partial charge in [0.1, 0.15) is 6.23 Å². The zero-order chi connectivity index (χ0) is 19.8. The molecule has 0 radical (unpaired) electrons. The number of rotatable bonds is 4. The molecular formula is C19H29BN2O5. The van der Waals surface area contributed by atoms with Crippen LogP contribution in [-0.2, 0) is 18.8 Å². The van der Waals surface area contributed by atoms with Crippen molar-refractivity contribution in [1.29, 1.82) is 0 Å². The molecule has 27 heavy (non-hydrogen) atoms. The number of aromatic nitrogens is 2. The van der Waals surface area contributed by atoms with Crippen LogP contribution < -0.4 is 0 Å². The number of carbonyl (C=O) groups is 1. The summed E-state index contributed by atoms with van der Waals surface area (Å²) in [5, 5.41) is 4.49. The van der Waals surface area contributed by atoms with Crippen molar-refractivity contribution in [2.24, 2.45) is 0 Å². The van der Waals surface area contributed by atoms with E-state index in [9.17, 15) is 4.79 Å². The van der Waals surface area contributed by atoms with Gasteiger partial charge in [0.05, 0.1) is 18.3 Å². The van der Waals surface area contributed by atoms with E-state index in [1.165, 1.54) is 7.11 Å². The van der Waals surface area contributed by atoms with E-state index in [0.29, 0.717) is 12.2 Å². The lowest BCUT2D eigenvalue weighted by molar-refractivity contribution is -0.0408. The molecular weight excluding hydrogens is 347 g/mol. The molecule has 2 aliphatic rings. The van der Waals surface area contributed by atoms with Gasteiger partial charge in [-0.1, -0.05) is 12.1 Å². The topological polar surface area (TPSA) is 71.8 Å². The van der Waals surface area contributed by atoms with Crippen LogP contribution in [0.15, 0.2) is 5.98 Å². The fourth-order valence-electron chi connectivity index (χ4n) is 3.32. The number of hydrogen-bond donors (Lipinski definition) is 0. The quantitative estimate of drug-likeness (QED) is 0.593. The summed E-state index contributed by atoms with van der Waals surface area (Å²) in [6.45, 7) is 10.7. The average Bonchev–Trinajstić information content (AvgIpc) is 3.05. The molecule has 0 bridgehead atoms. The summed E-state index contributed by atoms with van der Waals surface area (Å²) in [5.74, 6) is 1.35. The summed E-state index contributed by atoms with van der Waals surface area (Å²) in [4.78, 5) is 12.2. The standard InChI is InChI=1S/C19H29BN2O5/c1-13-14(10-11-20-26-18(2,3)19(4,5)27-20)16(17(23)24-6)21-22(13)15-9-7-8-12-25-15/h10-11,15H,7-9,12H2,1-6H3/b11-10+. The Bertz CT molecular complexity index is 719. The third kappa shape index (κ3) is 3.84. The predicted molar refractivity (Wildman–Crippen MR) is 102 cm³/mol. The Morgan fingerprint density at radius 3 is 2.48 bits per heavy atom. The first kappa shape index (κ1) is 20.1. The molecule has 3 heterocycles. The largest absolute Gasteiger partial charge is 0.487 e. The normalized spacial score (nSPS) is 24.5. The Hall–Kier alpha value is -1.64. The molecule has 1 atom stereocenters. The Balaban J connectivity index is 1.89. The summed E-state index contributed by atoms with van der Waals surface area (Å²) in [6, 6.07) is 0. The van der Waals surface area contributed by atoms with Crippen LogP contribution in [0.2, 0.25) is 0 Å². The van der Waals surface area contributed by atoms with Gasteiger partial charge in [-0.15, -0.1) is 0 Å². The first-order valence-electron chi connectivity index (χ1n) is 9.49. The molecule has 2 fully saturated rings. The Labute approximate surface area is 161 Å². The van der Waals surface area contributed by atoms with E-state index in [2.05, 4.69) is 5.10 Å². The number of ether oxygens (including phenoxy) is 2. The number of methoxy groups -OCH3 is 1. The van der Waals surface area contributed by atoms with Crippen LogP contribution in [0, 0.1) is 6.92 Å². The second-order valence-electron chi connectivity index (χ2n) is 8.09. The van der Waals surface area contributed by atoms with Crippen LogP contribution in [0.4, 0.5) is 0 Å². The highest BCUT2D eigenvalue weighted by Gasteiger charge is 2.50. The van der Waals surface area contributed by atoms with Crippen molar-refractivity contribution in [2.75, 3.05) is 13.7 Å². The Morgan fingerprint density at radius 2 is 1.93 bits per heavy atom. The molecule has 148 valence electrons. The molecule has 1 aromatic heterocycles. The molecule has 3 rings (SSSR count). The molecule has 0 amide bonds. The molecule has 0 aliphatic carbocycles. The van der Waals surface area contributed by atoms with Gasteiger partial charge in [-0.3, -0.25) is 0 Å². The van der Waals surface area contributed by atoms with Gasteiger partial charge in [-0.2, -0.15) is 5.10 Å². The summed E-state index contributed by atoms with van der Waals surface area (Å²) >= 11 is 0. The highest BCUT2D eigenvalue weighted by atomic mass is 16.7. The summed E-state index contributed by atoms with van der Waals surface area (Å²) < 4.78 is 24.5. The van der Waals surface area contributed by atoms with Gasteiger partial charge in [0.25, 0.3) is 0 Å². The van der Waals surface area contributed by atoms with Crippen molar-refractivity contribution >= 4 is 19.2 Å². The van der Waals surface area contributed by atoms with E-state index >= 15 is 0 Å². The number of nitrogens with zero attached hydrogens (tertiary/aromatic N) is 2. The number of carbonyl (C=O) groups excluding carboxylic acids is 1. The van der Waals surface area contributed by atoms with Gasteiger partial charge in [0.2, 0.25) is 0 Å². The molecule has 0 spiro atoms. The zero-order valence-electron chi connectivity index (χ0n) is 17.1. The van der Waals surface area contributed by atoms with Gasteiger partial charge >= 0.3 is 13.1 Å². The monoisotopic (exact) mass is 376 g/mol. The van der Waals surface area contributed by atoms with Crippen molar-refractivity contribution < 1.29 is 23.6 Å². The first-order chi connectivity index (χ1) is 12.7.